The molecule has 1 aliphatic rings. The summed E-state index contributed by atoms with van der Waals surface area (Å²) in [5.74, 6) is -0.532. The molecule has 2 N–H and O–H groups in total. The minimum Gasteiger partial charge on any atom is -0.493 e. The van der Waals surface area contributed by atoms with Gasteiger partial charge in [-0.25, -0.2) is 0 Å². The number of hydrogen-bond donors (Lipinski definition) is 2. The quantitative estimate of drug-likeness (QED) is 0.456. The Morgan fingerprint density at radius 2 is 1.72 bits per heavy atom. The highest BCUT2D eigenvalue weighted by Crippen LogP contribution is 2.42. The molecule has 8 nitrogen and oxygen atoms in total. The number of rotatable bonds is 7. The van der Waals surface area contributed by atoms with Crippen LogP contribution in [-0.2, 0) is 4.79 Å². The van der Waals surface area contributed by atoms with E-state index < -0.39 is 23.9 Å². The van der Waals surface area contributed by atoms with E-state index in [4.69, 9.17) is 14.2 Å². The maximum atomic E-state index is 13.1. The Morgan fingerprint density at radius 3 is 2.39 bits per heavy atom. The molecule has 0 saturated carbocycles. The van der Waals surface area contributed by atoms with Gasteiger partial charge < -0.3 is 29.6 Å². The van der Waals surface area contributed by atoms with Gasteiger partial charge in [0.05, 0.1) is 7.11 Å². The Kier molecular flexibility index (Phi) is 7.00. The molecule has 36 heavy (non-hydrogen) atoms. The molecular formula is C25H19F3N2O6. The molecule has 3 aromatic carbocycles. The predicted molar refractivity (Wildman–Crippen MR) is 123 cm³/mol. The number of carbonyl (C=O) groups is 2. The zero-order valence-corrected chi connectivity index (χ0v) is 18.7. The van der Waals surface area contributed by atoms with Gasteiger partial charge in [-0.1, -0.05) is 18.2 Å². The number of hydrogen-bond acceptors (Lipinski definition) is 6. The van der Waals surface area contributed by atoms with Gasteiger partial charge in [0.1, 0.15) is 11.4 Å². The molecule has 0 unspecified atom stereocenters. The number of methoxy groups -OCH3 is 1. The number of nitrogens with one attached hydrogen (secondary N) is 2. The fourth-order valence-electron chi connectivity index (χ4n) is 3.28. The van der Waals surface area contributed by atoms with Crippen molar-refractivity contribution in [3.8, 4) is 23.0 Å². The van der Waals surface area contributed by atoms with Gasteiger partial charge in [0.2, 0.25) is 12.5 Å². The monoisotopic (exact) mass is 500 g/mol. The molecule has 0 aromatic heterocycles. The summed E-state index contributed by atoms with van der Waals surface area (Å²) in [7, 11) is 1.45. The van der Waals surface area contributed by atoms with E-state index in [9.17, 15) is 22.8 Å². The van der Waals surface area contributed by atoms with Crippen LogP contribution < -0.4 is 29.6 Å². The van der Waals surface area contributed by atoms with Crippen molar-refractivity contribution in [2.24, 2.45) is 0 Å². The topological polar surface area (TPSA) is 95.1 Å². The first kappa shape index (κ1) is 24.5. The number of alkyl halides is 3. The predicted octanol–water partition coefficient (Wildman–Crippen LogP) is 4.73. The molecule has 3 aromatic rings. The van der Waals surface area contributed by atoms with Crippen LogP contribution in [0, 0.1) is 0 Å². The van der Waals surface area contributed by atoms with Crippen LogP contribution in [0.4, 0.5) is 18.9 Å². The fraction of sp³-hybridized carbons (Fsp3) is 0.120. The van der Waals surface area contributed by atoms with E-state index in [0.717, 1.165) is 12.1 Å². The molecule has 1 heterocycles. The van der Waals surface area contributed by atoms with Gasteiger partial charge in [-0.2, -0.15) is 0 Å². The molecule has 11 heteroatoms. The average molecular weight is 500 g/mol. The average Bonchev–Trinajstić information content (AvgIpc) is 3.32. The van der Waals surface area contributed by atoms with Crippen molar-refractivity contribution < 1.29 is 41.7 Å². The van der Waals surface area contributed by atoms with Gasteiger partial charge in [-0.05, 0) is 60.2 Å². The lowest BCUT2D eigenvalue weighted by molar-refractivity contribution is -0.274. The summed E-state index contributed by atoms with van der Waals surface area (Å²) in [4.78, 5) is 25.9. The van der Waals surface area contributed by atoms with Crippen molar-refractivity contribution in [3.05, 3.63) is 83.6 Å². The van der Waals surface area contributed by atoms with E-state index in [-0.39, 0.29) is 18.2 Å². The Morgan fingerprint density at radius 1 is 1.00 bits per heavy atom. The zero-order chi connectivity index (χ0) is 25.7. The standard InChI is InChI=1S/C25H19F3N2O6/c1-33-20-12-15(13-21-22(20)35-14-34-21)11-19(30-23(31)16-5-3-2-4-6-16)24(32)29-17-7-9-18(10-8-17)36-25(26,27)28/h2-13H,14H2,1H3,(H,29,32)(H,30,31)/b19-11-. The summed E-state index contributed by atoms with van der Waals surface area (Å²) >= 11 is 0. The van der Waals surface area contributed by atoms with E-state index >= 15 is 0 Å². The molecule has 0 aliphatic carbocycles. The van der Waals surface area contributed by atoms with E-state index in [1.54, 1.807) is 42.5 Å². The van der Waals surface area contributed by atoms with Crippen LogP contribution >= 0.6 is 0 Å². The van der Waals surface area contributed by atoms with Crippen molar-refractivity contribution in [2.45, 2.75) is 6.36 Å². The second-order valence-electron chi connectivity index (χ2n) is 7.36. The van der Waals surface area contributed by atoms with Gasteiger partial charge in [0, 0.05) is 11.3 Å². The molecule has 186 valence electrons. The molecule has 4 rings (SSSR count). The summed E-state index contributed by atoms with van der Waals surface area (Å²) in [5.41, 5.74) is 0.815. The molecule has 0 bridgehead atoms. The normalized spacial score (nSPS) is 12.6. The number of halogens is 3. The molecule has 1 aliphatic heterocycles. The van der Waals surface area contributed by atoms with Crippen LogP contribution in [-0.4, -0.2) is 32.1 Å². The van der Waals surface area contributed by atoms with E-state index in [1.807, 2.05) is 0 Å². The smallest absolute Gasteiger partial charge is 0.493 e. The van der Waals surface area contributed by atoms with Crippen LogP contribution in [0.3, 0.4) is 0 Å². The summed E-state index contributed by atoms with van der Waals surface area (Å²) in [5, 5.41) is 5.12. The third kappa shape index (κ3) is 6.06. The largest absolute Gasteiger partial charge is 0.573 e. The number of carbonyl (C=O) groups excluding carboxylic acids is 2. The molecule has 0 saturated heterocycles. The fourth-order valence-corrected chi connectivity index (χ4v) is 3.28. The Balaban J connectivity index is 1.62. The number of anilines is 1. The van der Waals surface area contributed by atoms with Gasteiger partial charge in [-0.3, -0.25) is 9.59 Å². The first-order chi connectivity index (χ1) is 17.2. The van der Waals surface area contributed by atoms with Crippen molar-refractivity contribution in [1.82, 2.24) is 5.32 Å². The zero-order valence-electron chi connectivity index (χ0n) is 18.7. The van der Waals surface area contributed by atoms with Crippen molar-refractivity contribution in [1.29, 1.82) is 0 Å². The number of ether oxygens (including phenoxy) is 4. The highest BCUT2D eigenvalue weighted by atomic mass is 19.4. The van der Waals surface area contributed by atoms with Gasteiger partial charge >= 0.3 is 6.36 Å². The van der Waals surface area contributed by atoms with Crippen molar-refractivity contribution in [3.63, 3.8) is 0 Å². The number of fused-ring (bicyclic) bond motifs is 1. The van der Waals surface area contributed by atoms with Gasteiger partial charge in [0.25, 0.3) is 11.8 Å². The Bertz CT molecular complexity index is 1290. The summed E-state index contributed by atoms with van der Waals surface area (Å²) in [6, 6.07) is 16.0. The second-order valence-corrected chi connectivity index (χ2v) is 7.36. The number of amides is 2. The first-order valence-corrected chi connectivity index (χ1v) is 10.4. The summed E-state index contributed by atoms with van der Waals surface area (Å²) in [6.07, 6.45) is -3.43. The maximum absolute atomic E-state index is 13.1. The lowest BCUT2D eigenvalue weighted by Gasteiger charge is -2.13. The molecule has 2 amide bonds. The van der Waals surface area contributed by atoms with Crippen molar-refractivity contribution >= 4 is 23.6 Å². The maximum Gasteiger partial charge on any atom is 0.573 e. The Labute approximate surface area is 203 Å². The molecule has 0 radical (unpaired) electrons. The lowest BCUT2D eigenvalue weighted by Crippen LogP contribution is -2.30. The number of benzene rings is 3. The van der Waals surface area contributed by atoms with Crippen LogP contribution in [0.1, 0.15) is 15.9 Å². The van der Waals surface area contributed by atoms with E-state index in [0.29, 0.717) is 28.4 Å². The van der Waals surface area contributed by atoms with E-state index in [2.05, 4.69) is 15.4 Å². The third-order valence-corrected chi connectivity index (χ3v) is 4.87. The molecule has 0 fully saturated rings. The summed E-state index contributed by atoms with van der Waals surface area (Å²) < 4.78 is 57.1. The molecule has 0 atom stereocenters. The first-order valence-electron chi connectivity index (χ1n) is 10.4. The second kappa shape index (κ2) is 10.3. The van der Waals surface area contributed by atoms with Crippen molar-refractivity contribution in [2.75, 3.05) is 19.2 Å². The molecule has 0 spiro atoms. The van der Waals surface area contributed by atoms with Crippen LogP contribution in [0.5, 0.6) is 23.0 Å². The van der Waals surface area contributed by atoms with Crippen LogP contribution in [0.2, 0.25) is 0 Å². The SMILES string of the molecule is COc1cc(/C=C(\NC(=O)c2ccccc2)C(=O)Nc2ccc(OC(F)(F)F)cc2)cc2c1OCO2. The lowest BCUT2D eigenvalue weighted by atomic mass is 10.1. The minimum atomic E-state index is -4.84. The van der Waals surface area contributed by atoms with Crippen LogP contribution in [0.25, 0.3) is 6.08 Å². The van der Waals surface area contributed by atoms with E-state index in [1.165, 1.54) is 25.3 Å². The highest BCUT2D eigenvalue weighted by Gasteiger charge is 2.31. The third-order valence-electron chi connectivity index (χ3n) is 4.87. The Hall–Kier alpha value is -4.67. The molecular weight excluding hydrogens is 481 g/mol. The van der Waals surface area contributed by atoms with Gasteiger partial charge in [-0.15, -0.1) is 13.2 Å². The minimum absolute atomic E-state index is 0.00496. The van der Waals surface area contributed by atoms with Crippen LogP contribution in [0.15, 0.2) is 72.4 Å². The summed E-state index contributed by atoms with van der Waals surface area (Å²) in [6.45, 7) is 0.00496. The van der Waals surface area contributed by atoms with Gasteiger partial charge in [0.15, 0.2) is 11.5 Å². The highest BCUT2D eigenvalue weighted by molar-refractivity contribution is 6.10.